The minimum atomic E-state index is -0.418. The molecule has 118 valence electrons. The SMILES string of the molecule is CCc1ccc(C(=O)NNC(=O)/C=C/c2ccc(Cl)cc2)cc1. The fourth-order valence-corrected chi connectivity index (χ4v) is 2.00. The van der Waals surface area contributed by atoms with Crippen LogP contribution in [-0.4, -0.2) is 11.8 Å². The Bertz CT molecular complexity index is 707. The number of benzene rings is 2. The van der Waals surface area contributed by atoms with Crippen molar-refractivity contribution in [3.8, 4) is 0 Å². The predicted molar refractivity (Wildman–Crippen MR) is 91.9 cm³/mol. The lowest BCUT2D eigenvalue weighted by Crippen LogP contribution is -2.40. The molecule has 0 saturated heterocycles. The number of hydrogen-bond acceptors (Lipinski definition) is 2. The number of nitrogens with one attached hydrogen (secondary N) is 2. The molecule has 0 fully saturated rings. The van der Waals surface area contributed by atoms with Crippen LogP contribution in [0, 0.1) is 0 Å². The summed E-state index contributed by atoms with van der Waals surface area (Å²) in [6.45, 7) is 2.04. The monoisotopic (exact) mass is 328 g/mol. The van der Waals surface area contributed by atoms with Gasteiger partial charge in [-0.2, -0.15) is 0 Å². The Hall–Kier alpha value is -2.59. The van der Waals surface area contributed by atoms with Crippen LogP contribution < -0.4 is 10.9 Å². The molecule has 0 aliphatic carbocycles. The van der Waals surface area contributed by atoms with E-state index in [1.165, 1.54) is 6.08 Å². The van der Waals surface area contributed by atoms with Crippen molar-refractivity contribution in [1.82, 2.24) is 10.9 Å². The molecule has 0 unspecified atom stereocenters. The van der Waals surface area contributed by atoms with Crippen molar-refractivity contribution in [2.24, 2.45) is 0 Å². The van der Waals surface area contributed by atoms with E-state index in [0.29, 0.717) is 10.6 Å². The number of carbonyl (C=O) groups excluding carboxylic acids is 2. The molecule has 5 heteroatoms. The molecule has 0 radical (unpaired) electrons. The van der Waals surface area contributed by atoms with Crippen molar-refractivity contribution >= 4 is 29.5 Å². The second-order valence-electron chi connectivity index (χ2n) is 4.88. The lowest BCUT2D eigenvalue weighted by atomic mass is 10.1. The smallest absolute Gasteiger partial charge is 0.268 e. The van der Waals surface area contributed by atoms with Crippen LogP contribution in [0.25, 0.3) is 6.08 Å². The van der Waals surface area contributed by atoms with Gasteiger partial charge in [0.1, 0.15) is 0 Å². The minimum absolute atomic E-state index is 0.360. The highest BCUT2D eigenvalue weighted by atomic mass is 35.5. The van der Waals surface area contributed by atoms with Gasteiger partial charge in [-0.15, -0.1) is 0 Å². The average molecular weight is 329 g/mol. The summed E-state index contributed by atoms with van der Waals surface area (Å²) in [5.74, 6) is -0.778. The summed E-state index contributed by atoms with van der Waals surface area (Å²) in [5.41, 5.74) is 7.19. The maximum absolute atomic E-state index is 11.9. The molecular weight excluding hydrogens is 312 g/mol. The summed E-state index contributed by atoms with van der Waals surface area (Å²) in [4.78, 5) is 23.6. The van der Waals surface area contributed by atoms with E-state index >= 15 is 0 Å². The van der Waals surface area contributed by atoms with Crippen LogP contribution in [0.5, 0.6) is 0 Å². The van der Waals surface area contributed by atoms with E-state index in [-0.39, 0.29) is 5.91 Å². The third kappa shape index (κ3) is 5.27. The fraction of sp³-hybridized carbons (Fsp3) is 0.111. The summed E-state index contributed by atoms with van der Waals surface area (Å²) in [6.07, 6.45) is 3.88. The summed E-state index contributed by atoms with van der Waals surface area (Å²) < 4.78 is 0. The number of amides is 2. The molecule has 2 N–H and O–H groups in total. The molecule has 0 atom stereocenters. The first-order chi connectivity index (χ1) is 11.1. The van der Waals surface area contributed by atoms with Crippen molar-refractivity contribution < 1.29 is 9.59 Å². The van der Waals surface area contributed by atoms with Crippen LogP contribution in [0.1, 0.15) is 28.4 Å². The number of hydrazine groups is 1. The Morgan fingerprint density at radius 1 is 1.00 bits per heavy atom. The van der Waals surface area contributed by atoms with Crippen molar-refractivity contribution in [3.05, 3.63) is 76.3 Å². The molecule has 0 spiro atoms. The van der Waals surface area contributed by atoms with Gasteiger partial charge < -0.3 is 0 Å². The third-order valence-corrected chi connectivity index (χ3v) is 3.47. The van der Waals surface area contributed by atoms with Gasteiger partial charge >= 0.3 is 0 Å². The fourth-order valence-electron chi connectivity index (χ4n) is 1.87. The molecule has 0 aliphatic heterocycles. The standard InChI is InChI=1S/C18H17ClN2O2/c1-2-13-3-8-15(9-4-13)18(23)21-20-17(22)12-7-14-5-10-16(19)11-6-14/h3-12H,2H2,1H3,(H,20,22)(H,21,23)/b12-7+. The summed E-state index contributed by atoms with van der Waals surface area (Å²) in [6, 6.07) is 14.3. The van der Waals surface area contributed by atoms with E-state index in [1.54, 1.807) is 42.5 Å². The molecule has 4 nitrogen and oxygen atoms in total. The quantitative estimate of drug-likeness (QED) is 0.667. The first-order valence-electron chi connectivity index (χ1n) is 7.21. The average Bonchev–Trinajstić information content (AvgIpc) is 2.59. The van der Waals surface area contributed by atoms with Crippen LogP contribution in [0.2, 0.25) is 5.02 Å². The first kappa shape index (κ1) is 16.8. The first-order valence-corrected chi connectivity index (χ1v) is 7.59. The molecule has 2 amide bonds. The molecule has 0 heterocycles. The highest BCUT2D eigenvalue weighted by Gasteiger charge is 2.05. The van der Waals surface area contributed by atoms with Crippen molar-refractivity contribution in [1.29, 1.82) is 0 Å². The number of halogens is 1. The van der Waals surface area contributed by atoms with E-state index < -0.39 is 5.91 Å². The highest BCUT2D eigenvalue weighted by Crippen LogP contribution is 2.10. The topological polar surface area (TPSA) is 58.2 Å². The van der Waals surface area contributed by atoms with Gasteiger partial charge in [-0.3, -0.25) is 20.4 Å². The lowest BCUT2D eigenvalue weighted by molar-refractivity contribution is -0.117. The van der Waals surface area contributed by atoms with Crippen LogP contribution in [0.3, 0.4) is 0 Å². The van der Waals surface area contributed by atoms with Gasteiger partial charge in [-0.25, -0.2) is 0 Å². The van der Waals surface area contributed by atoms with Crippen molar-refractivity contribution in [2.75, 3.05) is 0 Å². The second kappa shape index (κ2) is 8.15. The third-order valence-electron chi connectivity index (χ3n) is 3.22. The molecule has 2 aromatic carbocycles. The number of aryl methyl sites for hydroxylation is 1. The van der Waals surface area contributed by atoms with Gasteiger partial charge in [0.05, 0.1) is 0 Å². The molecule has 0 aromatic heterocycles. The van der Waals surface area contributed by atoms with Gasteiger partial charge in [-0.05, 0) is 47.9 Å². The second-order valence-corrected chi connectivity index (χ2v) is 5.32. The summed E-state index contributed by atoms with van der Waals surface area (Å²) in [5, 5.41) is 0.632. The zero-order valence-corrected chi connectivity index (χ0v) is 13.4. The Kier molecular flexibility index (Phi) is 5.94. The Labute approximate surface area is 140 Å². The number of hydrogen-bond donors (Lipinski definition) is 2. The van der Waals surface area contributed by atoms with Crippen LogP contribution >= 0.6 is 11.6 Å². The summed E-state index contributed by atoms with van der Waals surface area (Å²) >= 11 is 5.79. The van der Waals surface area contributed by atoms with Gasteiger partial charge in [-0.1, -0.05) is 42.8 Å². The maximum atomic E-state index is 11.9. The lowest BCUT2D eigenvalue weighted by Gasteiger charge is -2.06. The van der Waals surface area contributed by atoms with Gasteiger partial charge in [0.25, 0.3) is 11.8 Å². The normalized spacial score (nSPS) is 10.5. The predicted octanol–water partition coefficient (Wildman–Crippen LogP) is 3.38. The number of rotatable bonds is 4. The molecule has 0 aliphatic rings. The molecule has 2 rings (SSSR count). The van der Waals surface area contributed by atoms with Gasteiger partial charge in [0, 0.05) is 16.7 Å². The molecular formula is C18H17ClN2O2. The van der Waals surface area contributed by atoms with Crippen LogP contribution in [-0.2, 0) is 11.2 Å². The molecule has 23 heavy (non-hydrogen) atoms. The highest BCUT2D eigenvalue weighted by molar-refractivity contribution is 6.30. The van der Waals surface area contributed by atoms with Gasteiger partial charge in [0.2, 0.25) is 0 Å². The van der Waals surface area contributed by atoms with E-state index in [9.17, 15) is 9.59 Å². The number of carbonyl (C=O) groups is 2. The molecule has 2 aromatic rings. The molecule has 0 bridgehead atoms. The summed E-state index contributed by atoms with van der Waals surface area (Å²) in [7, 11) is 0. The molecule has 0 saturated carbocycles. The van der Waals surface area contributed by atoms with E-state index in [2.05, 4.69) is 10.9 Å². The Morgan fingerprint density at radius 3 is 2.26 bits per heavy atom. The maximum Gasteiger partial charge on any atom is 0.269 e. The Morgan fingerprint density at radius 2 is 1.65 bits per heavy atom. The van der Waals surface area contributed by atoms with E-state index in [0.717, 1.165) is 17.5 Å². The van der Waals surface area contributed by atoms with Crippen molar-refractivity contribution in [2.45, 2.75) is 13.3 Å². The minimum Gasteiger partial charge on any atom is -0.268 e. The van der Waals surface area contributed by atoms with Crippen molar-refractivity contribution in [3.63, 3.8) is 0 Å². The van der Waals surface area contributed by atoms with Crippen LogP contribution in [0.15, 0.2) is 54.6 Å². The largest absolute Gasteiger partial charge is 0.269 e. The van der Waals surface area contributed by atoms with E-state index in [1.807, 2.05) is 19.1 Å². The van der Waals surface area contributed by atoms with Gasteiger partial charge in [0.15, 0.2) is 0 Å². The Balaban J connectivity index is 1.85. The zero-order valence-electron chi connectivity index (χ0n) is 12.7. The van der Waals surface area contributed by atoms with E-state index in [4.69, 9.17) is 11.6 Å². The zero-order chi connectivity index (χ0) is 16.7. The van der Waals surface area contributed by atoms with Crippen LogP contribution in [0.4, 0.5) is 0 Å².